The summed E-state index contributed by atoms with van der Waals surface area (Å²) in [5.74, 6) is 11.5. The number of benzene rings is 12. The van der Waals surface area contributed by atoms with Gasteiger partial charge in [0.25, 0.3) is 0 Å². The molecule has 0 spiro atoms. The lowest BCUT2D eigenvalue weighted by atomic mass is 9.92. The van der Waals surface area contributed by atoms with E-state index in [-0.39, 0.29) is 0 Å². The molecule has 0 bridgehead atoms. The van der Waals surface area contributed by atoms with Crippen LogP contribution in [0.4, 0.5) is 0 Å². The van der Waals surface area contributed by atoms with Crippen LogP contribution in [0.5, 0.6) is 0 Å². The third-order valence-corrected chi connectivity index (χ3v) is 22.5. The summed E-state index contributed by atoms with van der Waals surface area (Å²) in [5.41, 5.74) is 6.54. The van der Waals surface area contributed by atoms with Crippen LogP contribution in [0.1, 0.15) is 0 Å². The Hall–Kier alpha value is -7.41. The predicted octanol–water partition coefficient (Wildman–Crippen LogP) is 17.1. The highest BCUT2D eigenvalue weighted by Crippen LogP contribution is 2.72. The highest BCUT2D eigenvalue weighted by atomic mass is 31.2. The second-order valence-corrected chi connectivity index (χ2v) is 26.2. The third-order valence-electron chi connectivity index (χ3n) is 14.5. The van der Waals surface area contributed by atoms with Crippen molar-refractivity contribution in [3.05, 3.63) is 271 Å². The SMILES string of the molecule is O[P+]1(c2c3ccccc3c(-c3ccccc3)c3ccccc23)C=C[P+](O)(c2c3ccccc3c(-c3ccccc3)c3ccccc23)/C=C\[P+](O)(c2c3ccccc3c(-c3ccccc3)c3ccccc23)/C=C\1. The van der Waals surface area contributed by atoms with Gasteiger partial charge >= 0.3 is 0 Å². The molecule has 12 aromatic rings. The summed E-state index contributed by atoms with van der Waals surface area (Å²) in [5, 5.41) is 14.0. The van der Waals surface area contributed by atoms with Crippen molar-refractivity contribution in [3.63, 3.8) is 0 Å². The van der Waals surface area contributed by atoms with Gasteiger partial charge < -0.3 is 0 Å². The maximum atomic E-state index is 14.3. The average molecular weight is 982 g/mol. The molecule has 1 heterocycles. The maximum absolute atomic E-state index is 14.3. The van der Waals surface area contributed by atoms with E-state index < -0.39 is 22.5 Å². The van der Waals surface area contributed by atoms with Crippen LogP contribution in [-0.2, 0) is 0 Å². The van der Waals surface area contributed by atoms with Crippen molar-refractivity contribution in [2.24, 2.45) is 0 Å². The summed E-state index contributed by atoms with van der Waals surface area (Å²) in [6, 6.07) is 81.6. The van der Waals surface area contributed by atoms with E-state index in [0.717, 1.165) is 114 Å². The second-order valence-electron chi connectivity index (χ2n) is 18.7. The number of rotatable bonds is 6. The van der Waals surface area contributed by atoms with Crippen molar-refractivity contribution in [1.29, 1.82) is 0 Å². The molecule has 0 saturated heterocycles. The van der Waals surface area contributed by atoms with Gasteiger partial charge in [-0.1, -0.05) is 237 Å². The van der Waals surface area contributed by atoms with Crippen LogP contribution in [-0.4, -0.2) is 14.7 Å². The van der Waals surface area contributed by atoms with Gasteiger partial charge in [-0.25, -0.2) is 14.7 Å². The van der Waals surface area contributed by atoms with Crippen molar-refractivity contribution in [1.82, 2.24) is 0 Å². The highest BCUT2D eigenvalue weighted by Gasteiger charge is 2.50. The fourth-order valence-electron chi connectivity index (χ4n) is 11.4. The molecule has 0 fully saturated rings. The number of fused-ring (bicyclic) bond motifs is 6. The van der Waals surface area contributed by atoms with E-state index in [1.54, 1.807) is 0 Å². The lowest BCUT2D eigenvalue weighted by Crippen LogP contribution is -2.13. The van der Waals surface area contributed by atoms with Gasteiger partial charge in [0.15, 0.2) is 0 Å². The Labute approximate surface area is 420 Å². The van der Waals surface area contributed by atoms with E-state index in [9.17, 15) is 14.7 Å². The van der Waals surface area contributed by atoms with Crippen molar-refractivity contribution >= 4 is 103 Å². The highest BCUT2D eigenvalue weighted by molar-refractivity contribution is 7.91. The Morgan fingerprint density at radius 1 is 0.181 bits per heavy atom. The van der Waals surface area contributed by atoms with Gasteiger partial charge in [0.2, 0.25) is 22.5 Å². The molecule has 0 amide bonds. The first-order chi connectivity index (χ1) is 35.3. The maximum Gasteiger partial charge on any atom is 0.232 e. The zero-order chi connectivity index (χ0) is 48.4. The van der Waals surface area contributed by atoms with Crippen LogP contribution in [0.3, 0.4) is 0 Å². The lowest BCUT2D eigenvalue weighted by molar-refractivity contribution is 0.628. The monoisotopic (exact) mass is 981 g/mol. The first kappa shape index (κ1) is 44.5. The summed E-state index contributed by atoms with van der Waals surface area (Å²) in [6.45, 7) is 0. The van der Waals surface area contributed by atoms with Gasteiger partial charge in [-0.05, 0) is 65.7 Å². The minimum absolute atomic E-state index is 0.782. The van der Waals surface area contributed by atoms with E-state index in [1.165, 1.54) is 0 Å². The van der Waals surface area contributed by atoms with Crippen LogP contribution in [0.2, 0.25) is 0 Å². The predicted molar refractivity (Wildman–Crippen MR) is 314 cm³/mol. The van der Waals surface area contributed by atoms with Crippen LogP contribution in [0.15, 0.2) is 271 Å². The molecular formula is C66H48O3P3+3. The molecular weight excluding hydrogens is 934 g/mol. The minimum Gasteiger partial charge on any atom is -0.236 e. The molecule has 3 N–H and O–H groups in total. The molecule has 6 heteroatoms. The zero-order valence-corrected chi connectivity index (χ0v) is 41.8. The van der Waals surface area contributed by atoms with Gasteiger partial charge in [0, 0.05) is 32.3 Å². The van der Waals surface area contributed by atoms with Crippen molar-refractivity contribution in [3.8, 4) is 33.4 Å². The van der Waals surface area contributed by atoms with Crippen molar-refractivity contribution < 1.29 is 14.7 Å². The first-order valence-electron chi connectivity index (χ1n) is 24.3. The molecule has 0 saturated carbocycles. The van der Waals surface area contributed by atoms with E-state index in [4.69, 9.17) is 0 Å². The normalized spacial score (nSPS) is 19.9. The molecule has 0 radical (unpaired) electrons. The molecule has 0 aliphatic carbocycles. The Kier molecular flexibility index (Phi) is 11.0. The van der Waals surface area contributed by atoms with Crippen LogP contribution >= 0.6 is 22.5 Å². The van der Waals surface area contributed by atoms with Crippen LogP contribution < -0.4 is 15.9 Å². The van der Waals surface area contributed by atoms with Gasteiger partial charge in [0.1, 0.15) is 50.8 Å². The van der Waals surface area contributed by atoms with E-state index in [1.807, 2.05) is 89.5 Å². The van der Waals surface area contributed by atoms with Gasteiger partial charge in [0.05, 0.1) is 0 Å². The largest absolute Gasteiger partial charge is 0.236 e. The Morgan fingerprint density at radius 3 is 0.514 bits per heavy atom. The average Bonchev–Trinajstić information content (AvgIpc) is 3.48. The molecule has 342 valence electrons. The third kappa shape index (κ3) is 7.20. The van der Waals surface area contributed by atoms with Gasteiger partial charge in [-0.3, -0.25) is 0 Å². The number of hydrogen-bond acceptors (Lipinski definition) is 3. The summed E-state index contributed by atoms with van der Waals surface area (Å²) >= 11 is 0. The standard InChI is InChI=1S/C66H48O3P3/c67-70(64-55-34-16-10-28-49(55)61(46-22-4-1-5-23-46)50-29-11-17-35-56(50)64)40-42-71(68,65-57-36-18-12-30-51(57)62(47-24-6-2-7-25-47)52-31-13-19-37-58(52)65)44-45-72(69,43-41-70)66-59-38-20-14-32-53(59)63(48-26-8-3-9-27-48)54-33-15-21-39-60(54)66/h1-45,67-69H/q+3/b42-40-,43-41-,45-44?. The lowest BCUT2D eigenvalue weighted by Gasteiger charge is -2.21. The second kappa shape index (κ2) is 17.7. The van der Waals surface area contributed by atoms with E-state index in [0.29, 0.717) is 0 Å². The summed E-state index contributed by atoms with van der Waals surface area (Å²) in [6.07, 6.45) is 0. The quantitative estimate of drug-likeness (QED) is 0.115. The van der Waals surface area contributed by atoms with Gasteiger partial charge in [-0.15, -0.1) is 0 Å². The molecule has 2 unspecified atom stereocenters. The van der Waals surface area contributed by atoms with Gasteiger partial charge in [-0.2, -0.15) is 0 Å². The molecule has 72 heavy (non-hydrogen) atoms. The molecule has 2 atom stereocenters. The molecule has 0 aromatic heterocycles. The Morgan fingerprint density at radius 2 is 0.333 bits per heavy atom. The molecule has 12 aromatic carbocycles. The minimum atomic E-state index is -3.64. The molecule has 1 aliphatic heterocycles. The summed E-state index contributed by atoms with van der Waals surface area (Å²) in [4.78, 5) is 42.8. The van der Waals surface area contributed by atoms with Crippen LogP contribution in [0.25, 0.3) is 98.0 Å². The van der Waals surface area contributed by atoms with E-state index >= 15 is 0 Å². The summed E-state index contributed by atoms with van der Waals surface area (Å²) in [7, 11) is -10.9. The number of hydrogen-bond donors (Lipinski definition) is 3. The smallest absolute Gasteiger partial charge is 0.232 e. The fourth-order valence-corrected chi connectivity index (χ4v) is 21.0. The summed E-state index contributed by atoms with van der Waals surface area (Å²) < 4.78 is 0. The molecule has 1 aliphatic rings. The van der Waals surface area contributed by atoms with E-state index in [2.05, 4.69) is 182 Å². The van der Waals surface area contributed by atoms with Crippen molar-refractivity contribution in [2.45, 2.75) is 0 Å². The Balaban J connectivity index is 1.16. The zero-order valence-electron chi connectivity index (χ0n) is 39.2. The molecule has 3 nitrogen and oxygen atoms in total. The first-order valence-corrected chi connectivity index (χ1v) is 29.9. The fraction of sp³-hybridized carbons (Fsp3) is 0. The van der Waals surface area contributed by atoms with Crippen molar-refractivity contribution in [2.75, 3.05) is 0 Å². The Bertz CT molecular complexity index is 3580. The molecule has 13 rings (SSSR count). The van der Waals surface area contributed by atoms with Crippen LogP contribution in [0, 0.1) is 0 Å². The topological polar surface area (TPSA) is 60.7 Å².